The van der Waals surface area contributed by atoms with Crippen molar-refractivity contribution in [2.24, 2.45) is 20.9 Å². The minimum absolute atomic E-state index is 0.119. The fourth-order valence-electron chi connectivity index (χ4n) is 5.76. The zero-order valence-corrected chi connectivity index (χ0v) is 25.4. The first kappa shape index (κ1) is 34.3. The van der Waals surface area contributed by atoms with Crippen LogP contribution >= 0.6 is 0 Å². The summed E-state index contributed by atoms with van der Waals surface area (Å²) in [6.07, 6.45) is -12.7. The number of benzene rings is 3. The van der Waals surface area contributed by atoms with E-state index in [-0.39, 0.29) is 45.0 Å². The quantitative estimate of drug-likeness (QED) is 0.210. The van der Waals surface area contributed by atoms with Crippen LogP contribution in [0.5, 0.6) is 0 Å². The van der Waals surface area contributed by atoms with Crippen LogP contribution in [0.25, 0.3) is 0 Å². The third kappa shape index (κ3) is 8.36. The maximum atomic E-state index is 13.0. The molecule has 0 aliphatic carbocycles. The van der Waals surface area contributed by atoms with Gasteiger partial charge in [-0.25, -0.2) is 15.0 Å². The van der Waals surface area contributed by atoms with Crippen LogP contribution in [0, 0.1) is 5.92 Å². The van der Waals surface area contributed by atoms with E-state index < -0.39 is 53.3 Å². The van der Waals surface area contributed by atoms with Crippen LogP contribution in [0.3, 0.4) is 0 Å². The van der Waals surface area contributed by atoms with Crippen molar-refractivity contribution in [1.29, 1.82) is 0 Å². The zero-order valence-electron chi connectivity index (χ0n) is 25.4. The zero-order chi connectivity index (χ0) is 35.0. The molecule has 0 amide bonds. The van der Waals surface area contributed by atoms with Crippen LogP contribution in [0.15, 0.2) is 87.8 Å². The van der Waals surface area contributed by atoms with Crippen LogP contribution in [-0.4, -0.2) is 37.5 Å². The highest BCUT2D eigenvalue weighted by molar-refractivity contribution is 5.84. The van der Waals surface area contributed by atoms with E-state index in [1.165, 1.54) is 36.4 Å². The van der Waals surface area contributed by atoms with Crippen LogP contribution in [0.2, 0.25) is 0 Å². The lowest BCUT2D eigenvalue weighted by Crippen LogP contribution is -2.18. The first-order chi connectivity index (χ1) is 23.1. The first-order valence-corrected chi connectivity index (χ1v) is 15.2. The summed E-state index contributed by atoms with van der Waals surface area (Å²) in [4.78, 5) is 13.8. The summed E-state index contributed by atoms with van der Waals surface area (Å²) in [7, 11) is 0. The number of aliphatic imine (C=N–C) groups is 3. The second-order valence-corrected chi connectivity index (χ2v) is 11.9. The van der Waals surface area contributed by atoms with Crippen molar-refractivity contribution in [3.05, 3.63) is 106 Å². The number of rotatable bonds is 9. The summed E-state index contributed by atoms with van der Waals surface area (Å²) in [5, 5.41) is 0. The van der Waals surface area contributed by atoms with Gasteiger partial charge >= 0.3 is 18.5 Å². The first-order valence-electron chi connectivity index (χ1n) is 15.2. The van der Waals surface area contributed by atoms with E-state index in [0.717, 1.165) is 36.4 Å². The van der Waals surface area contributed by atoms with Gasteiger partial charge in [0.1, 0.15) is 37.9 Å². The summed E-state index contributed by atoms with van der Waals surface area (Å²) in [5.41, 5.74) is -0.698. The fraction of sp³-hybridized carbons (Fsp3) is 0.382. The average Bonchev–Trinajstić information content (AvgIpc) is 3.82. The van der Waals surface area contributed by atoms with Crippen LogP contribution < -0.4 is 0 Å². The van der Waals surface area contributed by atoms with Crippen molar-refractivity contribution in [3.63, 3.8) is 0 Å². The Morgan fingerprint density at radius 3 is 0.918 bits per heavy atom. The Morgan fingerprint density at radius 2 is 0.694 bits per heavy atom. The molecule has 0 saturated carbocycles. The molecule has 0 bridgehead atoms. The number of hydrogen-bond donors (Lipinski definition) is 0. The molecule has 0 saturated heterocycles. The maximum absolute atomic E-state index is 13.0. The number of halogens is 9. The Labute approximate surface area is 274 Å². The molecule has 6 rings (SSSR count). The summed E-state index contributed by atoms with van der Waals surface area (Å²) in [6.45, 7) is 0.358. The van der Waals surface area contributed by atoms with Gasteiger partial charge in [-0.15, -0.1) is 0 Å². The lowest BCUT2D eigenvalue weighted by molar-refractivity contribution is -0.138. The van der Waals surface area contributed by atoms with E-state index in [9.17, 15) is 39.5 Å². The third-order valence-electron chi connectivity index (χ3n) is 8.38. The standard InChI is InChI=1S/C34H28F9N3O3/c35-32(36,37)23-7-1-20(2-8-23)26-16-47-29(44-26)13-19(14-30-45-27(17-48-30)21-3-9-24(10-4-21)33(38,39)40)15-31-46-28(18-49-31)22-5-11-25(12-6-22)34(41,42)43/h1-12,19,26-28H,13-18H2/t26-,27-,28-/m1/s1. The molecule has 0 fully saturated rings. The van der Waals surface area contributed by atoms with E-state index in [4.69, 9.17) is 14.2 Å². The van der Waals surface area contributed by atoms with Gasteiger partial charge < -0.3 is 14.2 Å². The Kier molecular flexibility index (Phi) is 9.38. The van der Waals surface area contributed by atoms with Gasteiger partial charge in [0.2, 0.25) is 0 Å². The fourth-order valence-corrected chi connectivity index (χ4v) is 5.76. The van der Waals surface area contributed by atoms with Gasteiger partial charge in [0.05, 0.1) is 16.7 Å². The third-order valence-corrected chi connectivity index (χ3v) is 8.38. The normalized spacial score (nSPS) is 21.2. The lowest BCUT2D eigenvalue weighted by atomic mass is 9.97. The van der Waals surface area contributed by atoms with Gasteiger partial charge in [0.25, 0.3) is 0 Å². The molecule has 0 N–H and O–H groups in total. The highest BCUT2D eigenvalue weighted by atomic mass is 19.4. The molecule has 3 aliphatic heterocycles. The van der Waals surface area contributed by atoms with Gasteiger partial charge in [0, 0.05) is 19.3 Å². The van der Waals surface area contributed by atoms with Gasteiger partial charge in [-0.05, 0) is 59.0 Å². The minimum Gasteiger partial charge on any atom is -0.478 e. The van der Waals surface area contributed by atoms with Crippen molar-refractivity contribution < 1.29 is 53.7 Å². The van der Waals surface area contributed by atoms with Crippen LogP contribution in [0.4, 0.5) is 39.5 Å². The van der Waals surface area contributed by atoms with E-state index >= 15 is 0 Å². The second-order valence-electron chi connectivity index (χ2n) is 11.9. The number of ether oxygens (including phenoxy) is 3. The predicted molar refractivity (Wildman–Crippen MR) is 160 cm³/mol. The van der Waals surface area contributed by atoms with E-state index in [0.29, 0.717) is 34.4 Å². The Morgan fingerprint density at radius 1 is 0.449 bits per heavy atom. The van der Waals surface area contributed by atoms with Gasteiger partial charge in [-0.2, -0.15) is 39.5 Å². The SMILES string of the molecule is FC(F)(F)c1ccc([C@H]2COC(CC(CC3=N[C@@H](c4ccc(C(F)(F)F)cc4)CO3)CC3=N[C@@H](c4ccc(C(F)(F)F)cc4)CO3)=N2)cc1. The molecule has 0 radical (unpaired) electrons. The molecule has 0 unspecified atom stereocenters. The molecular formula is C34H28F9N3O3. The molecule has 3 aromatic rings. The average molecular weight is 698 g/mol. The summed E-state index contributed by atoms with van der Waals surface area (Å²) >= 11 is 0. The lowest BCUT2D eigenvalue weighted by Gasteiger charge is -2.16. The van der Waals surface area contributed by atoms with E-state index in [2.05, 4.69) is 15.0 Å². The van der Waals surface area contributed by atoms with Gasteiger partial charge in [0.15, 0.2) is 17.7 Å². The molecule has 260 valence electrons. The Bertz CT molecular complexity index is 1510. The number of hydrogen-bond acceptors (Lipinski definition) is 6. The molecule has 3 atom stereocenters. The maximum Gasteiger partial charge on any atom is 0.416 e. The topological polar surface area (TPSA) is 64.8 Å². The number of nitrogens with zero attached hydrogens (tertiary/aromatic N) is 3. The summed E-state index contributed by atoms with van der Waals surface area (Å²) in [6, 6.07) is 12.4. The van der Waals surface area contributed by atoms with Gasteiger partial charge in [-0.3, -0.25) is 0 Å². The Balaban J connectivity index is 1.18. The molecule has 3 aromatic carbocycles. The molecule has 3 heterocycles. The molecule has 3 aliphatic rings. The van der Waals surface area contributed by atoms with Crippen molar-refractivity contribution in [2.75, 3.05) is 19.8 Å². The minimum atomic E-state index is -4.47. The highest BCUT2D eigenvalue weighted by Gasteiger charge is 2.34. The largest absolute Gasteiger partial charge is 0.478 e. The molecule has 6 nitrogen and oxygen atoms in total. The Hall–Kier alpha value is -4.56. The van der Waals surface area contributed by atoms with E-state index in [1.54, 1.807) is 0 Å². The molecular weight excluding hydrogens is 669 g/mol. The van der Waals surface area contributed by atoms with E-state index in [1.807, 2.05) is 0 Å². The van der Waals surface area contributed by atoms with Crippen molar-refractivity contribution in [3.8, 4) is 0 Å². The van der Waals surface area contributed by atoms with Crippen LogP contribution in [-0.2, 0) is 32.7 Å². The summed E-state index contributed by atoms with van der Waals surface area (Å²) in [5.74, 6) is 0.738. The summed E-state index contributed by atoms with van der Waals surface area (Å²) < 4.78 is 135. The molecule has 0 aromatic heterocycles. The van der Waals surface area contributed by atoms with Crippen LogP contribution in [0.1, 0.15) is 70.8 Å². The highest BCUT2D eigenvalue weighted by Crippen LogP contribution is 2.36. The monoisotopic (exact) mass is 697 g/mol. The van der Waals surface area contributed by atoms with Crippen molar-refractivity contribution >= 4 is 17.7 Å². The smallest absolute Gasteiger partial charge is 0.416 e. The molecule has 0 spiro atoms. The van der Waals surface area contributed by atoms with Crippen molar-refractivity contribution in [1.82, 2.24) is 0 Å². The molecule has 49 heavy (non-hydrogen) atoms. The van der Waals surface area contributed by atoms with Gasteiger partial charge in [-0.1, -0.05) is 36.4 Å². The number of alkyl halides is 9. The molecule has 15 heteroatoms. The second kappa shape index (κ2) is 13.4. The van der Waals surface area contributed by atoms with Crippen molar-refractivity contribution in [2.45, 2.75) is 55.9 Å². The predicted octanol–water partition coefficient (Wildman–Crippen LogP) is 9.34.